The lowest BCUT2D eigenvalue weighted by molar-refractivity contribution is 0.102. The summed E-state index contributed by atoms with van der Waals surface area (Å²) in [4.78, 5) is 15.9. The van der Waals surface area contributed by atoms with Gasteiger partial charge in [0.2, 0.25) is 0 Å². The number of hydrogen-bond acceptors (Lipinski definition) is 2. The summed E-state index contributed by atoms with van der Waals surface area (Å²) in [7, 11) is 0. The van der Waals surface area contributed by atoms with Crippen LogP contribution in [0.25, 0.3) is 0 Å². The largest absolute Gasteiger partial charge is 0.321 e. The van der Waals surface area contributed by atoms with E-state index in [-0.39, 0.29) is 5.91 Å². The van der Waals surface area contributed by atoms with E-state index in [4.69, 9.17) is 0 Å². The summed E-state index contributed by atoms with van der Waals surface area (Å²) < 4.78 is 1.77. The van der Waals surface area contributed by atoms with Crippen LogP contribution in [0.3, 0.4) is 0 Å². The lowest BCUT2D eigenvalue weighted by Gasteiger charge is -2.05. The van der Waals surface area contributed by atoms with Crippen LogP contribution in [0.2, 0.25) is 0 Å². The van der Waals surface area contributed by atoms with E-state index in [1.165, 1.54) is 0 Å². The first-order valence-electron chi connectivity index (χ1n) is 4.83. The van der Waals surface area contributed by atoms with Crippen molar-refractivity contribution in [1.82, 2.24) is 4.98 Å². The Morgan fingerprint density at radius 1 is 1.29 bits per heavy atom. The highest BCUT2D eigenvalue weighted by Gasteiger charge is 2.06. The smallest absolute Gasteiger partial charge is 0.255 e. The molecular weight excluding hydrogens is 395 g/mol. The average molecular weight is 403 g/mol. The summed E-state index contributed by atoms with van der Waals surface area (Å²) in [6.07, 6.45) is 1.61. The standard InChI is InChI=1S/C12H8BrIN2O/c13-11-5-4-10(7-15-11)16-12(17)8-2-1-3-9(14)6-8/h1-7H,(H,16,17). The third-order valence-corrected chi connectivity index (χ3v) is 3.21. The first-order chi connectivity index (χ1) is 8.15. The number of hydrogen-bond donors (Lipinski definition) is 1. The van der Waals surface area contributed by atoms with Gasteiger partial charge < -0.3 is 5.32 Å². The number of nitrogens with zero attached hydrogens (tertiary/aromatic N) is 1. The van der Waals surface area contributed by atoms with Gasteiger partial charge in [-0.15, -0.1) is 0 Å². The lowest BCUT2D eigenvalue weighted by Crippen LogP contribution is -2.12. The maximum atomic E-state index is 11.9. The highest BCUT2D eigenvalue weighted by atomic mass is 127. The van der Waals surface area contributed by atoms with Crippen LogP contribution in [0.4, 0.5) is 5.69 Å². The molecule has 5 heteroatoms. The van der Waals surface area contributed by atoms with Crippen LogP contribution in [0, 0.1) is 3.57 Å². The van der Waals surface area contributed by atoms with Gasteiger partial charge in [0.15, 0.2) is 0 Å². The number of rotatable bonds is 2. The van der Waals surface area contributed by atoms with Gasteiger partial charge in [-0.2, -0.15) is 0 Å². The van der Waals surface area contributed by atoms with Gasteiger partial charge in [0.05, 0.1) is 11.9 Å². The Balaban J connectivity index is 2.14. The van der Waals surface area contributed by atoms with Crippen molar-refractivity contribution in [2.24, 2.45) is 0 Å². The van der Waals surface area contributed by atoms with Crippen LogP contribution >= 0.6 is 38.5 Å². The van der Waals surface area contributed by atoms with Crippen LogP contribution in [0.1, 0.15) is 10.4 Å². The zero-order valence-corrected chi connectivity index (χ0v) is 12.4. The molecule has 0 saturated carbocycles. The van der Waals surface area contributed by atoms with Crippen molar-refractivity contribution in [2.75, 3.05) is 5.32 Å². The molecule has 0 aliphatic heterocycles. The number of carbonyl (C=O) groups excluding carboxylic acids is 1. The van der Waals surface area contributed by atoms with Gasteiger partial charge >= 0.3 is 0 Å². The number of anilines is 1. The molecule has 1 aromatic heterocycles. The fourth-order valence-corrected chi connectivity index (χ4v) is 2.06. The van der Waals surface area contributed by atoms with Gasteiger partial charge in [-0.1, -0.05) is 6.07 Å². The molecule has 0 saturated heterocycles. The van der Waals surface area contributed by atoms with Crippen LogP contribution in [0.15, 0.2) is 47.2 Å². The van der Waals surface area contributed by atoms with Gasteiger partial charge in [0.1, 0.15) is 4.60 Å². The number of nitrogens with one attached hydrogen (secondary N) is 1. The van der Waals surface area contributed by atoms with Gasteiger partial charge in [-0.3, -0.25) is 4.79 Å². The highest BCUT2D eigenvalue weighted by Crippen LogP contribution is 2.13. The molecule has 0 unspecified atom stereocenters. The number of halogens is 2. The van der Waals surface area contributed by atoms with Gasteiger partial charge in [-0.05, 0) is 68.9 Å². The minimum atomic E-state index is -0.132. The minimum Gasteiger partial charge on any atom is -0.321 e. The molecule has 2 aromatic rings. The summed E-state index contributed by atoms with van der Waals surface area (Å²) >= 11 is 5.42. The molecular formula is C12H8BrIN2O. The molecule has 1 heterocycles. The van der Waals surface area contributed by atoms with Crippen molar-refractivity contribution < 1.29 is 4.79 Å². The molecule has 1 amide bonds. The minimum absolute atomic E-state index is 0.132. The van der Waals surface area contributed by atoms with E-state index >= 15 is 0 Å². The molecule has 0 fully saturated rings. The fourth-order valence-electron chi connectivity index (χ4n) is 1.28. The van der Waals surface area contributed by atoms with Crippen molar-refractivity contribution in [3.05, 3.63) is 56.3 Å². The second kappa shape index (κ2) is 5.59. The maximum absolute atomic E-state index is 11.9. The number of aromatic nitrogens is 1. The Bertz CT molecular complexity index is 542. The lowest BCUT2D eigenvalue weighted by atomic mass is 10.2. The van der Waals surface area contributed by atoms with Crippen molar-refractivity contribution >= 4 is 50.1 Å². The van der Waals surface area contributed by atoms with Gasteiger partial charge in [0, 0.05) is 9.13 Å². The third kappa shape index (κ3) is 3.50. The molecule has 0 radical (unpaired) electrons. The number of pyridine rings is 1. The van der Waals surface area contributed by atoms with E-state index in [2.05, 4.69) is 48.8 Å². The zero-order valence-electron chi connectivity index (χ0n) is 8.65. The molecule has 0 aliphatic rings. The average Bonchev–Trinajstić information content (AvgIpc) is 2.32. The second-order valence-electron chi connectivity index (χ2n) is 3.33. The molecule has 0 bridgehead atoms. The Morgan fingerprint density at radius 2 is 2.12 bits per heavy atom. The zero-order chi connectivity index (χ0) is 12.3. The van der Waals surface area contributed by atoms with E-state index in [1.807, 2.05) is 18.2 Å². The molecule has 17 heavy (non-hydrogen) atoms. The number of benzene rings is 1. The van der Waals surface area contributed by atoms with Crippen LogP contribution < -0.4 is 5.32 Å². The Hall–Kier alpha value is -0.950. The van der Waals surface area contributed by atoms with Crippen molar-refractivity contribution in [1.29, 1.82) is 0 Å². The molecule has 0 spiro atoms. The van der Waals surface area contributed by atoms with Crippen molar-refractivity contribution in [3.63, 3.8) is 0 Å². The molecule has 0 aliphatic carbocycles. The first-order valence-corrected chi connectivity index (χ1v) is 6.71. The topological polar surface area (TPSA) is 42.0 Å². The third-order valence-electron chi connectivity index (χ3n) is 2.07. The molecule has 0 atom stereocenters. The Labute approximate surface area is 121 Å². The Kier molecular flexibility index (Phi) is 4.11. The summed E-state index contributed by atoms with van der Waals surface area (Å²) in [5.74, 6) is -0.132. The van der Waals surface area contributed by atoms with Crippen LogP contribution in [-0.4, -0.2) is 10.9 Å². The monoisotopic (exact) mass is 402 g/mol. The number of carbonyl (C=O) groups is 1. The molecule has 2 rings (SSSR count). The summed E-state index contributed by atoms with van der Waals surface area (Å²) in [6, 6.07) is 11.0. The van der Waals surface area contributed by atoms with Crippen LogP contribution in [-0.2, 0) is 0 Å². The maximum Gasteiger partial charge on any atom is 0.255 e. The van der Waals surface area contributed by atoms with E-state index < -0.39 is 0 Å². The van der Waals surface area contributed by atoms with Crippen molar-refractivity contribution in [2.45, 2.75) is 0 Å². The fraction of sp³-hybridized carbons (Fsp3) is 0. The Morgan fingerprint density at radius 3 is 2.76 bits per heavy atom. The quantitative estimate of drug-likeness (QED) is 0.614. The number of amides is 1. The summed E-state index contributed by atoms with van der Waals surface area (Å²) in [6.45, 7) is 0. The molecule has 3 nitrogen and oxygen atoms in total. The SMILES string of the molecule is O=C(Nc1ccc(Br)nc1)c1cccc(I)c1. The predicted octanol–water partition coefficient (Wildman–Crippen LogP) is 3.70. The van der Waals surface area contributed by atoms with E-state index in [1.54, 1.807) is 24.4 Å². The molecule has 1 N–H and O–H groups in total. The first kappa shape index (κ1) is 12.5. The molecule has 86 valence electrons. The van der Waals surface area contributed by atoms with Crippen molar-refractivity contribution in [3.8, 4) is 0 Å². The highest BCUT2D eigenvalue weighted by molar-refractivity contribution is 14.1. The van der Waals surface area contributed by atoms with E-state index in [0.29, 0.717) is 11.3 Å². The molecule has 1 aromatic carbocycles. The summed E-state index contributed by atoms with van der Waals surface area (Å²) in [5.41, 5.74) is 1.32. The second-order valence-corrected chi connectivity index (χ2v) is 5.39. The van der Waals surface area contributed by atoms with Crippen LogP contribution in [0.5, 0.6) is 0 Å². The normalized spacial score (nSPS) is 10.0. The predicted molar refractivity (Wildman–Crippen MR) is 79.0 cm³/mol. The summed E-state index contributed by atoms with van der Waals surface area (Å²) in [5, 5.41) is 2.79. The van der Waals surface area contributed by atoms with E-state index in [9.17, 15) is 4.79 Å². The van der Waals surface area contributed by atoms with E-state index in [0.717, 1.165) is 8.17 Å². The van der Waals surface area contributed by atoms with Gasteiger partial charge in [0.25, 0.3) is 5.91 Å². The van der Waals surface area contributed by atoms with Gasteiger partial charge in [-0.25, -0.2) is 4.98 Å².